The highest BCUT2D eigenvalue weighted by atomic mass is 16.2. The number of rotatable bonds is 5. The number of benzene rings is 1. The lowest BCUT2D eigenvalue weighted by molar-refractivity contribution is -0.119. The fourth-order valence-electron chi connectivity index (χ4n) is 2.47. The van der Waals surface area contributed by atoms with Gasteiger partial charge < -0.3 is 11.1 Å². The van der Waals surface area contributed by atoms with E-state index < -0.39 is 17.9 Å². The highest BCUT2D eigenvalue weighted by Crippen LogP contribution is 2.38. The first-order valence-corrected chi connectivity index (χ1v) is 7.77. The van der Waals surface area contributed by atoms with Gasteiger partial charge in [-0.3, -0.25) is 14.4 Å². The van der Waals surface area contributed by atoms with E-state index in [9.17, 15) is 14.4 Å². The second-order valence-corrected chi connectivity index (χ2v) is 5.89. The van der Waals surface area contributed by atoms with Crippen molar-refractivity contribution in [2.24, 2.45) is 5.73 Å². The summed E-state index contributed by atoms with van der Waals surface area (Å²) >= 11 is 0. The highest BCUT2D eigenvalue weighted by molar-refractivity contribution is 6.03. The fourth-order valence-corrected chi connectivity index (χ4v) is 2.47. The molecule has 7 heteroatoms. The summed E-state index contributed by atoms with van der Waals surface area (Å²) in [6.45, 7) is 1.59. The number of hydrogen-bond donors (Lipinski definition) is 2. The van der Waals surface area contributed by atoms with Crippen LogP contribution in [0.1, 0.15) is 47.8 Å². The number of aromatic nitrogens is 2. The smallest absolute Gasteiger partial charge is 0.267 e. The van der Waals surface area contributed by atoms with E-state index in [0.29, 0.717) is 11.6 Å². The van der Waals surface area contributed by atoms with Crippen LogP contribution in [0.5, 0.6) is 0 Å². The van der Waals surface area contributed by atoms with Crippen LogP contribution < -0.4 is 16.6 Å². The van der Waals surface area contributed by atoms with Gasteiger partial charge in [-0.25, -0.2) is 4.68 Å². The Morgan fingerprint density at radius 1 is 1.25 bits per heavy atom. The van der Waals surface area contributed by atoms with Crippen molar-refractivity contribution < 1.29 is 9.59 Å². The molecule has 24 heavy (non-hydrogen) atoms. The van der Waals surface area contributed by atoms with E-state index in [2.05, 4.69) is 10.4 Å². The minimum absolute atomic E-state index is 0.213. The first kappa shape index (κ1) is 15.9. The van der Waals surface area contributed by atoms with E-state index in [4.69, 9.17) is 5.73 Å². The summed E-state index contributed by atoms with van der Waals surface area (Å²) in [5, 5.41) is 6.95. The van der Waals surface area contributed by atoms with Crippen LogP contribution in [0.4, 0.5) is 5.69 Å². The van der Waals surface area contributed by atoms with Crippen LogP contribution in [0.3, 0.4) is 0 Å². The molecule has 1 aromatic heterocycles. The summed E-state index contributed by atoms with van der Waals surface area (Å²) in [4.78, 5) is 35.9. The zero-order valence-corrected chi connectivity index (χ0v) is 13.2. The summed E-state index contributed by atoms with van der Waals surface area (Å²) in [6, 6.07) is 8.79. The number of anilines is 1. The SMILES string of the molecule is C[C@H](C(=O)Nc1ccccc1C(N)=O)n1nc(C2CC2)ccc1=O. The molecule has 0 spiro atoms. The number of hydrogen-bond acceptors (Lipinski definition) is 4. The van der Waals surface area contributed by atoms with Gasteiger partial charge in [-0.2, -0.15) is 5.10 Å². The average molecular weight is 326 g/mol. The van der Waals surface area contributed by atoms with Crippen molar-refractivity contribution in [1.82, 2.24) is 9.78 Å². The van der Waals surface area contributed by atoms with E-state index in [1.54, 1.807) is 31.2 Å². The van der Waals surface area contributed by atoms with Crippen molar-refractivity contribution >= 4 is 17.5 Å². The van der Waals surface area contributed by atoms with Crippen molar-refractivity contribution in [3.05, 3.63) is 58.0 Å². The minimum atomic E-state index is -0.808. The molecule has 0 aliphatic heterocycles. The van der Waals surface area contributed by atoms with Gasteiger partial charge in [-0.05, 0) is 38.0 Å². The van der Waals surface area contributed by atoms with Crippen LogP contribution in [-0.4, -0.2) is 21.6 Å². The topological polar surface area (TPSA) is 107 Å². The third-order valence-electron chi connectivity index (χ3n) is 4.04. The molecule has 1 heterocycles. The van der Waals surface area contributed by atoms with Crippen LogP contribution >= 0.6 is 0 Å². The van der Waals surface area contributed by atoms with Gasteiger partial charge in [-0.15, -0.1) is 0 Å². The molecule has 1 atom stereocenters. The summed E-state index contributed by atoms with van der Waals surface area (Å²) < 4.78 is 1.18. The lowest BCUT2D eigenvalue weighted by Gasteiger charge is -2.16. The second-order valence-electron chi connectivity index (χ2n) is 5.89. The third-order valence-corrected chi connectivity index (χ3v) is 4.04. The number of para-hydroxylation sites is 1. The van der Waals surface area contributed by atoms with Crippen molar-refractivity contribution in [1.29, 1.82) is 0 Å². The number of primary amides is 1. The Kier molecular flexibility index (Phi) is 4.16. The van der Waals surface area contributed by atoms with Gasteiger partial charge in [0.25, 0.3) is 11.5 Å². The number of carbonyl (C=O) groups is 2. The Morgan fingerprint density at radius 2 is 1.96 bits per heavy atom. The number of nitrogens with zero attached hydrogens (tertiary/aromatic N) is 2. The number of carbonyl (C=O) groups excluding carboxylic acids is 2. The van der Waals surface area contributed by atoms with E-state index >= 15 is 0 Å². The van der Waals surface area contributed by atoms with Gasteiger partial charge in [0.2, 0.25) is 5.91 Å². The van der Waals surface area contributed by atoms with Crippen LogP contribution in [0, 0.1) is 0 Å². The lowest BCUT2D eigenvalue weighted by atomic mass is 10.1. The standard InChI is InChI=1S/C17H18N4O3/c1-10(21-15(22)9-8-13(20-21)11-6-7-11)17(24)19-14-5-3-2-4-12(14)16(18)23/h2-5,8-11H,6-7H2,1H3,(H2,18,23)(H,19,24)/t10-/m1/s1. The molecule has 1 fully saturated rings. The van der Waals surface area contributed by atoms with Crippen LogP contribution in [-0.2, 0) is 4.79 Å². The summed E-state index contributed by atoms with van der Waals surface area (Å²) in [7, 11) is 0. The second kappa shape index (κ2) is 6.27. The first-order valence-electron chi connectivity index (χ1n) is 7.77. The molecule has 1 saturated carbocycles. The normalized spacial score (nSPS) is 14.9. The molecule has 2 amide bonds. The molecule has 0 bridgehead atoms. The van der Waals surface area contributed by atoms with Crippen LogP contribution in [0.15, 0.2) is 41.2 Å². The molecular weight excluding hydrogens is 308 g/mol. The van der Waals surface area contributed by atoms with E-state index in [1.165, 1.54) is 16.8 Å². The summed E-state index contributed by atoms with van der Waals surface area (Å²) in [5.41, 5.74) is 6.31. The fraction of sp³-hybridized carbons (Fsp3) is 0.294. The maximum absolute atomic E-state index is 12.5. The lowest BCUT2D eigenvalue weighted by Crippen LogP contribution is -2.34. The maximum atomic E-state index is 12.5. The zero-order chi connectivity index (χ0) is 17.3. The summed E-state index contributed by atoms with van der Waals surface area (Å²) in [6.07, 6.45) is 2.11. The molecule has 3 N–H and O–H groups in total. The Bertz CT molecular complexity index is 855. The maximum Gasteiger partial charge on any atom is 0.267 e. The Morgan fingerprint density at radius 3 is 2.62 bits per heavy atom. The van der Waals surface area contributed by atoms with Crippen molar-refractivity contribution in [3.63, 3.8) is 0 Å². The van der Waals surface area contributed by atoms with Gasteiger partial charge in [0, 0.05) is 12.0 Å². The van der Waals surface area contributed by atoms with E-state index in [-0.39, 0.29) is 11.1 Å². The monoisotopic (exact) mass is 326 g/mol. The highest BCUT2D eigenvalue weighted by Gasteiger charge is 2.27. The van der Waals surface area contributed by atoms with Gasteiger partial charge in [0.1, 0.15) is 6.04 Å². The zero-order valence-electron chi connectivity index (χ0n) is 13.2. The Labute approximate surface area is 138 Å². The molecule has 1 aromatic carbocycles. The molecular formula is C17H18N4O3. The molecule has 0 saturated heterocycles. The summed E-state index contributed by atoms with van der Waals surface area (Å²) in [5.74, 6) is -0.696. The third kappa shape index (κ3) is 3.19. The molecule has 0 unspecified atom stereocenters. The molecule has 7 nitrogen and oxygen atoms in total. The van der Waals surface area contributed by atoms with Crippen LogP contribution in [0.2, 0.25) is 0 Å². The predicted octanol–water partition coefficient (Wildman–Crippen LogP) is 1.42. The van der Waals surface area contributed by atoms with Gasteiger partial charge in [0.15, 0.2) is 0 Å². The Hall–Kier alpha value is -2.96. The van der Waals surface area contributed by atoms with Gasteiger partial charge in [0.05, 0.1) is 16.9 Å². The molecule has 1 aliphatic carbocycles. The number of amides is 2. The van der Waals surface area contributed by atoms with Gasteiger partial charge >= 0.3 is 0 Å². The molecule has 2 aromatic rings. The largest absolute Gasteiger partial charge is 0.366 e. The molecule has 124 valence electrons. The average Bonchev–Trinajstić information content (AvgIpc) is 3.40. The first-order chi connectivity index (χ1) is 11.5. The number of nitrogens with two attached hydrogens (primary N) is 1. The molecule has 1 aliphatic rings. The molecule has 0 radical (unpaired) electrons. The number of nitrogens with one attached hydrogen (secondary N) is 1. The van der Waals surface area contributed by atoms with E-state index in [0.717, 1.165) is 18.5 Å². The van der Waals surface area contributed by atoms with Crippen molar-refractivity contribution in [2.45, 2.75) is 31.7 Å². The minimum Gasteiger partial charge on any atom is -0.366 e. The van der Waals surface area contributed by atoms with Crippen molar-refractivity contribution in [3.8, 4) is 0 Å². The quantitative estimate of drug-likeness (QED) is 0.866. The van der Waals surface area contributed by atoms with E-state index in [1.807, 2.05) is 0 Å². The Balaban J connectivity index is 1.84. The predicted molar refractivity (Wildman–Crippen MR) is 88.8 cm³/mol. The van der Waals surface area contributed by atoms with Crippen molar-refractivity contribution in [2.75, 3.05) is 5.32 Å². The van der Waals surface area contributed by atoms with Crippen LogP contribution in [0.25, 0.3) is 0 Å². The van der Waals surface area contributed by atoms with Gasteiger partial charge in [-0.1, -0.05) is 12.1 Å². The molecule has 3 rings (SSSR count).